The number of carbonyl (C=O) groups excluding carboxylic acids is 1. The van der Waals surface area contributed by atoms with Crippen molar-refractivity contribution >= 4 is 28.5 Å². The van der Waals surface area contributed by atoms with Gasteiger partial charge in [-0.15, -0.1) is 0 Å². The van der Waals surface area contributed by atoms with Gasteiger partial charge in [0.25, 0.3) is 0 Å². The second-order valence-electron chi connectivity index (χ2n) is 4.83. The largest absolute Gasteiger partial charge is 0.353 e. The van der Waals surface area contributed by atoms with E-state index in [-0.39, 0.29) is 0 Å². The fourth-order valence-electron chi connectivity index (χ4n) is 3.43. The molecule has 3 heteroatoms. The highest BCUT2D eigenvalue weighted by molar-refractivity contribution is 14.1. The van der Waals surface area contributed by atoms with Gasteiger partial charge in [0.15, 0.2) is 0 Å². The van der Waals surface area contributed by atoms with E-state index in [0.717, 1.165) is 18.3 Å². The third kappa shape index (κ3) is 1.22. The van der Waals surface area contributed by atoms with Gasteiger partial charge in [0, 0.05) is 9.97 Å². The molecule has 2 heterocycles. The highest BCUT2D eigenvalue weighted by Gasteiger charge is 2.47. The second-order valence-corrected chi connectivity index (χ2v) is 6.26. The number of halogens is 1. The van der Waals surface area contributed by atoms with Crippen LogP contribution >= 0.6 is 22.6 Å². The minimum Gasteiger partial charge on any atom is -0.353 e. The number of amides is 1. The zero-order valence-corrected chi connectivity index (χ0v) is 9.66. The molecule has 13 heavy (non-hydrogen) atoms. The zero-order valence-electron chi connectivity index (χ0n) is 7.50. The van der Waals surface area contributed by atoms with Crippen molar-refractivity contribution in [1.29, 1.82) is 0 Å². The van der Waals surface area contributed by atoms with Crippen molar-refractivity contribution < 1.29 is 4.79 Å². The molecule has 2 aliphatic carbocycles. The maximum Gasteiger partial charge on any atom is 0.224 e. The normalized spacial score (nSPS) is 53.3. The van der Waals surface area contributed by atoms with Gasteiger partial charge in [-0.25, -0.2) is 0 Å². The predicted molar refractivity (Wildman–Crippen MR) is 58.7 cm³/mol. The minimum absolute atomic E-state index is 0.330. The number of fused-ring (bicyclic) bond motifs is 1. The lowest BCUT2D eigenvalue weighted by Crippen LogP contribution is -2.38. The van der Waals surface area contributed by atoms with Gasteiger partial charge in [0.2, 0.25) is 5.91 Å². The van der Waals surface area contributed by atoms with Crippen molar-refractivity contribution in [3.8, 4) is 0 Å². The molecule has 0 radical (unpaired) electrons. The first-order valence-electron chi connectivity index (χ1n) is 5.18. The van der Waals surface area contributed by atoms with E-state index in [2.05, 4.69) is 27.9 Å². The third-order valence-corrected chi connectivity index (χ3v) is 5.83. The highest BCUT2D eigenvalue weighted by Crippen LogP contribution is 2.48. The van der Waals surface area contributed by atoms with Crippen molar-refractivity contribution in [2.24, 2.45) is 17.8 Å². The van der Waals surface area contributed by atoms with Crippen LogP contribution in [0.15, 0.2) is 0 Å². The first-order valence-corrected chi connectivity index (χ1v) is 6.43. The van der Waals surface area contributed by atoms with E-state index in [9.17, 15) is 4.79 Å². The van der Waals surface area contributed by atoms with E-state index in [1.54, 1.807) is 0 Å². The van der Waals surface area contributed by atoms with Crippen LogP contribution in [-0.2, 0) is 4.79 Å². The molecule has 4 rings (SSSR count). The van der Waals surface area contributed by atoms with Crippen LogP contribution in [0.25, 0.3) is 0 Å². The molecule has 0 aromatic heterocycles. The predicted octanol–water partition coefficient (Wildman–Crippen LogP) is 1.72. The SMILES string of the molecule is O=C1NC2CC3CC(C2)[C@H](I)C1C3. The summed E-state index contributed by atoms with van der Waals surface area (Å²) < 4.78 is 0.610. The monoisotopic (exact) mass is 291 g/mol. The summed E-state index contributed by atoms with van der Waals surface area (Å²) in [6.45, 7) is 0. The summed E-state index contributed by atoms with van der Waals surface area (Å²) in [6.07, 6.45) is 5.04. The van der Waals surface area contributed by atoms with E-state index < -0.39 is 0 Å². The first kappa shape index (κ1) is 8.50. The molecule has 72 valence electrons. The number of carbonyl (C=O) groups is 1. The van der Waals surface area contributed by atoms with E-state index in [1.165, 1.54) is 19.3 Å². The summed E-state index contributed by atoms with van der Waals surface area (Å²) in [5.41, 5.74) is 0. The Morgan fingerprint density at radius 1 is 1.23 bits per heavy atom. The van der Waals surface area contributed by atoms with Gasteiger partial charge in [-0.1, -0.05) is 22.6 Å². The number of hydrogen-bond acceptors (Lipinski definition) is 1. The Labute approximate surface area is 92.0 Å². The van der Waals surface area contributed by atoms with Crippen LogP contribution in [0.5, 0.6) is 0 Å². The standard InChI is InChI=1S/C10H14INO/c11-9-6-1-5-2-7(4-6)12-10(13)8(9)3-5/h5-9H,1-4H2,(H,12,13)/t5?,6?,7?,8?,9-/m0/s1. The Balaban J connectivity index is 1.99. The third-order valence-electron chi connectivity index (χ3n) is 3.95. The fourth-order valence-corrected chi connectivity index (χ4v) is 4.64. The Morgan fingerprint density at radius 3 is 2.92 bits per heavy atom. The number of nitrogens with one attached hydrogen (secondary N) is 1. The van der Waals surface area contributed by atoms with E-state index in [4.69, 9.17) is 0 Å². The fraction of sp³-hybridized carbons (Fsp3) is 0.900. The average molecular weight is 291 g/mol. The van der Waals surface area contributed by atoms with Crippen molar-refractivity contribution in [1.82, 2.24) is 5.32 Å². The molecule has 2 saturated heterocycles. The van der Waals surface area contributed by atoms with Gasteiger partial charge in [-0.05, 0) is 37.5 Å². The summed E-state index contributed by atoms with van der Waals surface area (Å²) in [7, 11) is 0. The van der Waals surface area contributed by atoms with Crippen LogP contribution in [0.1, 0.15) is 25.7 Å². The molecule has 4 bridgehead atoms. The average Bonchev–Trinajstić information content (AvgIpc) is 2.24. The van der Waals surface area contributed by atoms with Gasteiger partial charge in [0.1, 0.15) is 0 Å². The van der Waals surface area contributed by atoms with Gasteiger partial charge in [-0.2, -0.15) is 0 Å². The Morgan fingerprint density at radius 2 is 2.08 bits per heavy atom. The molecule has 0 aromatic rings. The molecular formula is C10H14INO. The van der Waals surface area contributed by atoms with E-state index in [0.29, 0.717) is 21.8 Å². The van der Waals surface area contributed by atoms with Crippen molar-refractivity contribution in [2.45, 2.75) is 35.6 Å². The van der Waals surface area contributed by atoms with Crippen LogP contribution in [0.3, 0.4) is 0 Å². The summed E-state index contributed by atoms with van der Waals surface area (Å²) >= 11 is 2.51. The Bertz CT molecular complexity index is 255. The summed E-state index contributed by atoms with van der Waals surface area (Å²) in [4.78, 5) is 11.8. The molecular weight excluding hydrogens is 277 g/mol. The molecule has 2 aliphatic heterocycles. The van der Waals surface area contributed by atoms with Crippen LogP contribution in [0.2, 0.25) is 0 Å². The lowest BCUT2D eigenvalue weighted by molar-refractivity contribution is -0.125. The van der Waals surface area contributed by atoms with Gasteiger partial charge < -0.3 is 5.32 Å². The molecule has 2 saturated carbocycles. The summed E-state index contributed by atoms with van der Waals surface area (Å²) in [5, 5.41) is 3.19. The molecule has 4 fully saturated rings. The quantitative estimate of drug-likeness (QED) is 0.534. The van der Waals surface area contributed by atoms with Crippen LogP contribution in [-0.4, -0.2) is 15.9 Å². The lowest BCUT2D eigenvalue weighted by atomic mass is 9.68. The smallest absolute Gasteiger partial charge is 0.224 e. The molecule has 1 N–H and O–H groups in total. The minimum atomic E-state index is 0.330. The Hall–Kier alpha value is 0.200. The maximum atomic E-state index is 11.8. The van der Waals surface area contributed by atoms with Crippen molar-refractivity contribution in [3.63, 3.8) is 0 Å². The zero-order chi connectivity index (χ0) is 9.00. The Kier molecular flexibility index (Phi) is 1.86. The second kappa shape index (κ2) is 2.84. The molecule has 2 nitrogen and oxygen atoms in total. The first-order chi connectivity index (χ1) is 6.24. The van der Waals surface area contributed by atoms with Gasteiger partial charge in [-0.3, -0.25) is 4.79 Å². The van der Waals surface area contributed by atoms with Crippen LogP contribution in [0.4, 0.5) is 0 Å². The van der Waals surface area contributed by atoms with Crippen LogP contribution in [0, 0.1) is 17.8 Å². The molecule has 1 amide bonds. The molecule has 5 atom stereocenters. The number of hydrogen-bond donors (Lipinski definition) is 1. The topological polar surface area (TPSA) is 29.1 Å². The van der Waals surface area contributed by atoms with E-state index >= 15 is 0 Å². The summed E-state index contributed by atoms with van der Waals surface area (Å²) in [6, 6.07) is 0.515. The van der Waals surface area contributed by atoms with Crippen LogP contribution < -0.4 is 5.32 Å². The number of alkyl halides is 1. The molecule has 4 aliphatic rings. The highest BCUT2D eigenvalue weighted by atomic mass is 127. The maximum absolute atomic E-state index is 11.8. The molecule has 0 spiro atoms. The number of rotatable bonds is 0. The van der Waals surface area contributed by atoms with Gasteiger partial charge >= 0.3 is 0 Å². The summed E-state index contributed by atoms with van der Waals surface area (Å²) in [5.74, 6) is 2.34. The lowest BCUT2D eigenvalue weighted by Gasteiger charge is -2.40. The van der Waals surface area contributed by atoms with Crippen molar-refractivity contribution in [2.75, 3.05) is 0 Å². The van der Waals surface area contributed by atoms with Gasteiger partial charge in [0.05, 0.1) is 5.92 Å². The molecule has 4 unspecified atom stereocenters. The molecule has 0 aromatic carbocycles. The van der Waals surface area contributed by atoms with Crippen molar-refractivity contribution in [3.05, 3.63) is 0 Å². The van der Waals surface area contributed by atoms with E-state index in [1.807, 2.05) is 0 Å².